The summed E-state index contributed by atoms with van der Waals surface area (Å²) < 4.78 is 0. The molecule has 1 aliphatic heterocycles. The van der Waals surface area contributed by atoms with Crippen LogP contribution < -0.4 is 5.73 Å². The first kappa shape index (κ1) is 19.0. The molecule has 1 heterocycles. The Hall–Kier alpha value is -1.08. The van der Waals surface area contributed by atoms with E-state index in [9.17, 15) is 14.4 Å². The molecule has 0 aromatic rings. The zero-order chi connectivity index (χ0) is 16.7. The van der Waals surface area contributed by atoms with Crippen molar-refractivity contribution in [2.45, 2.75) is 57.2 Å². The molecule has 0 radical (unpaired) electrons. The van der Waals surface area contributed by atoms with Gasteiger partial charge in [-0.1, -0.05) is 33.1 Å². The number of hydrogen-bond acceptors (Lipinski definition) is 5. The molecule has 126 valence electrons. The fourth-order valence-corrected chi connectivity index (χ4v) is 3.42. The van der Waals surface area contributed by atoms with Crippen LogP contribution in [-0.4, -0.2) is 51.4 Å². The van der Waals surface area contributed by atoms with Crippen LogP contribution in [0.1, 0.15) is 46.0 Å². The standard InChI is InChI=1S/C15H26N2O4S/c1-10(2)6-4-3-5-7-17-13(18)8-12(14(17)19)22-9-11(16)15(20)21/h10-12H,3-9,16H2,1-2H3,(H,20,21)/t11-,12?/m0/s1. The van der Waals surface area contributed by atoms with Crippen LogP contribution in [0, 0.1) is 5.92 Å². The molecule has 0 aliphatic carbocycles. The summed E-state index contributed by atoms with van der Waals surface area (Å²) in [5.74, 6) is -0.631. The summed E-state index contributed by atoms with van der Waals surface area (Å²) >= 11 is 1.17. The molecule has 1 fully saturated rings. The van der Waals surface area contributed by atoms with E-state index in [1.807, 2.05) is 0 Å². The van der Waals surface area contributed by atoms with E-state index in [2.05, 4.69) is 13.8 Å². The second-order valence-electron chi connectivity index (χ2n) is 6.10. The Morgan fingerprint density at radius 2 is 2.05 bits per heavy atom. The molecule has 6 nitrogen and oxygen atoms in total. The summed E-state index contributed by atoms with van der Waals surface area (Å²) in [6.45, 7) is 4.83. The Labute approximate surface area is 135 Å². The van der Waals surface area contributed by atoms with E-state index in [0.29, 0.717) is 12.5 Å². The van der Waals surface area contributed by atoms with Gasteiger partial charge in [0.2, 0.25) is 11.8 Å². The highest BCUT2D eigenvalue weighted by molar-refractivity contribution is 8.00. The first-order chi connectivity index (χ1) is 10.3. The van der Waals surface area contributed by atoms with Crippen molar-refractivity contribution < 1.29 is 19.5 Å². The maximum Gasteiger partial charge on any atom is 0.321 e. The highest BCUT2D eigenvalue weighted by atomic mass is 32.2. The van der Waals surface area contributed by atoms with Crippen molar-refractivity contribution in [2.24, 2.45) is 11.7 Å². The average Bonchev–Trinajstić information content (AvgIpc) is 2.70. The number of carboxylic acid groups (broad SMARTS) is 1. The zero-order valence-corrected chi connectivity index (χ0v) is 14.1. The predicted molar refractivity (Wildman–Crippen MR) is 86.5 cm³/mol. The number of imide groups is 1. The van der Waals surface area contributed by atoms with Gasteiger partial charge in [0.15, 0.2) is 0 Å². The lowest BCUT2D eigenvalue weighted by Crippen LogP contribution is -2.35. The number of likely N-dealkylation sites (tertiary alicyclic amines) is 1. The quantitative estimate of drug-likeness (QED) is 0.465. The lowest BCUT2D eigenvalue weighted by molar-refractivity contribution is -0.139. The van der Waals surface area contributed by atoms with Crippen LogP contribution in [0.5, 0.6) is 0 Å². The Morgan fingerprint density at radius 1 is 1.36 bits per heavy atom. The highest BCUT2D eigenvalue weighted by Crippen LogP contribution is 2.26. The zero-order valence-electron chi connectivity index (χ0n) is 13.3. The second-order valence-corrected chi connectivity index (χ2v) is 7.33. The topological polar surface area (TPSA) is 101 Å². The molecule has 3 N–H and O–H groups in total. The number of carbonyl (C=O) groups is 3. The van der Waals surface area contributed by atoms with Gasteiger partial charge < -0.3 is 10.8 Å². The number of nitrogens with two attached hydrogens (primary N) is 1. The number of hydrogen-bond donors (Lipinski definition) is 2. The summed E-state index contributed by atoms with van der Waals surface area (Å²) in [5.41, 5.74) is 5.42. The summed E-state index contributed by atoms with van der Waals surface area (Å²) in [5, 5.41) is 8.25. The minimum absolute atomic E-state index is 0.140. The van der Waals surface area contributed by atoms with Gasteiger partial charge in [0.1, 0.15) is 6.04 Å². The van der Waals surface area contributed by atoms with E-state index in [-0.39, 0.29) is 24.0 Å². The summed E-state index contributed by atoms with van der Waals surface area (Å²) in [6.07, 6.45) is 4.27. The Bertz CT molecular complexity index is 414. The number of carbonyl (C=O) groups excluding carboxylic acids is 2. The van der Waals surface area contributed by atoms with E-state index in [4.69, 9.17) is 10.8 Å². The lowest BCUT2D eigenvalue weighted by atomic mass is 10.1. The molecule has 0 bridgehead atoms. The largest absolute Gasteiger partial charge is 0.480 e. The normalized spacial score (nSPS) is 20.0. The van der Waals surface area contributed by atoms with Gasteiger partial charge in [-0.25, -0.2) is 0 Å². The molecule has 2 atom stereocenters. The van der Waals surface area contributed by atoms with Crippen molar-refractivity contribution in [3.8, 4) is 0 Å². The average molecular weight is 330 g/mol. The molecular weight excluding hydrogens is 304 g/mol. The molecule has 0 aromatic carbocycles. The molecule has 1 saturated heterocycles. The highest BCUT2D eigenvalue weighted by Gasteiger charge is 2.38. The lowest BCUT2D eigenvalue weighted by Gasteiger charge is -2.15. The Kier molecular flexibility index (Phi) is 7.89. The number of aliphatic carboxylic acids is 1. The van der Waals surface area contributed by atoms with Crippen LogP contribution in [0.4, 0.5) is 0 Å². The molecule has 2 amide bonds. The van der Waals surface area contributed by atoms with Gasteiger partial charge in [0.05, 0.1) is 5.25 Å². The van der Waals surface area contributed by atoms with E-state index in [0.717, 1.165) is 25.7 Å². The Morgan fingerprint density at radius 3 is 2.64 bits per heavy atom. The van der Waals surface area contributed by atoms with Crippen molar-refractivity contribution in [3.05, 3.63) is 0 Å². The van der Waals surface area contributed by atoms with Crippen molar-refractivity contribution in [1.29, 1.82) is 0 Å². The van der Waals surface area contributed by atoms with Crippen LogP contribution in [0.15, 0.2) is 0 Å². The van der Waals surface area contributed by atoms with Gasteiger partial charge in [-0.2, -0.15) is 0 Å². The number of thioether (sulfide) groups is 1. The molecule has 7 heteroatoms. The number of amides is 2. The molecule has 0 aromatic heterocycles. The maximum atomic E-state index is 12.2. The van der Waals surface area contributed by atoms with Gasteiger partial charge in [-0.15, -0.1) is 11.8 Å². The summed E-state index contributed by atoms with van der Waals surface area (Å²) in [4.78, 5) is 36.0. The van der Waals surface area contributed by atoms with Crippen molar-refractivity contribution in [1.82, 2.24) is 4.90 Å². The van der Waals surface area contributed by atoms with Gasteiger partial charge in [0.25, 0.3) is 0 Å². The van der Waals surface area contributed by atoms with Crippen LogP contribution in [-0.2, 0) is 14.4 Å². The fourth-order valence-electron chi connectivity index (χ4n) is 2.31. The van der Waals surface area contributed by atoms with E-state index in [1.165, 1.54) is 16.7 Å². The van der Waals surface area contributed by atoms with Crippen LogP contribution in [0.3, 0.4) is 0 Å². The fraction of sp³-hybridized carbons (Fsp3) is 0.800. The number of unbranched alkanes of at least 4 members (excludes halogenated alkanes) is 2. The van der Waals surface area contributed by atoms with Gasteiger partial charge in [-0.05, 0) is 12.3 Å². The predicted octanol–water partition coefficient (Wildman–Crippen LogP) is 1.48. The summed E-state index contributed by atoms with van der Waals surface area (Å²) in [6, 6.07) is -1.00. The molecule has 1 unspecified atom stereocenters. The van der Waals surface area contributed by atoms with Crippen molar-refractivity contribution in [2.75, 3.05) is 12.3 Å². The van der Waals surface area contributed by atoms with Crippen LogP contribution in [0.25, 0.3) is 0 Å². The third-order valence-electron chi connectivity index (χ3n) is 3.66. The third-order valence-corrected chi connectivity index (χ3v) is 4.98. The van der Waals surface area contributed by atoms with Crippen LogP contribution >= 0.6 is 11.8 Å². The first-order valence-corrected chi connectivity index (χ1v) is 8.82. The molecule has 1 aliphatic rings. The SMILES string of the molecule is CC(C)CCCCCN1C(=O)CC(SC[C@H](N)C(=O)O)C1=O. The molecule has 22 heavy (non-hydrogen) atoms. The molecule has 1 rings (SSSR count). The minimum atomic E-state index is -1.09. The van der Waals surface area contributed by atoms with Gasteiger partial charge in [-0.3, -0.25) is 19.3 Å². The number of nitrogens with zero attached hydrogens (tertiary/aromatic N) is 1. The third kappa shape index (κ3) is 5.96. The van der Waals surface area contributed by atoms with Gasteiger partial charge >= 0.3 is 5.97 Å². The number of rotatable bonds is 10. The van der Waals surface area contributed by atoms with E-state index in [1.54, 1.807) is 0 Å². The second kappa shape index (κ2) is 9.15. The van der Waals surface area contributed by atoms with Crippen molar-refractivity contribution >= 4 is 29.5 Å². The van der Waals surface area contributed by atoms with Crippen LogP contribution in [0.2, 0.25) is 0 Å². The van der Waals surface area contributed by atoms with E-state index < -0.39 is 17.3 Å². The monoisotopic (exact) mass is 330 g/mol. The molecular formula is C15H26N2O4S. The maximum absolute atomic E-state index is 12.2. The number of carboxylic acids is 1. The van der Waals surface area contributed by atoms with E-state index >= 15 is 0 Å². The smallest absolute Gasteiger partial charge is 0.321 e. The van der Waals surface area contributed by atoms with Crippen molar-refractivity contribution in [3.63, 3.8) is 0 Å². The minimum Gasteiger partial charge on any atom is -0.480 e. The Balaban J connectivity index is 2.33. The molecule has 0 spiro atoms. The summed E-state index contributed by atoms with van der Waals surface area (Å²) in [7, 11) is 0. The van der Waals surface area contributed by atoms with Gasteiger partial charge in [0, 0.05) is 18.7 Å². The molecule has 0 saturated carbocycles. The first-order valence-electron chi connectivity index (χ1n) is 7.77.